The molecule has 108 valence electrons. The SMILES string of the molecule is CN1C(N)=NC2(c3cc(Br)ccc3CCC2(C)C)C1O. The summed E-state index contributed by atoms with van der Waals surface area (Å²) in [6.45, 7) is 4.33. The van der Waals surface area contributed by atoms with Gasteiger partial charge in [0, 0.05) is 11.5 Å². The van der Waals surface area contributed by atoms with Gasteiger partial charge < -0.3 is 15.7 Å². The molecule has 0 saturated heterocycles. The number of guanidine groups is 1. The number of aryl methyl sites for hydroxylation is 1. The van der Waals surface area contributed by atoms with Crippen molar-refractivity contribution in [1.82, 2.24) is 4.90 Å². The lowest BCUT2D eigenvalue weighted by Crippen LogP contribution is -2.54. The fourth-order valence-corrected chi connectivity index (χ4v) is 3.91. The van der Waals surface area contributed by atoms with Crippen molar-refractivity contribution in [2.24, 2.45) is 16.1 Å². The minimum atomic E-state index is -0.731. The first-order valence-electron chi connectivity index (χ1n) is 6.85. The van der Waals surface area contributed by atoms with E-state index in [0.29, 0.717) is 5.96 Å². The van der Waals surface area contributed by atoms with Gasteiger partial charge in [0.1, 0.15) is 5.54 Å². The summed E-state index contributed by atoms with van der Waals surface area (Å²) in [6.07, 6.45) is 1.25. The Kier molecular flexibility index (Phi) is 2.93. The van der Waals surface area contributed by atoms with E-state index in [2.05, 4.69) is 41.9 Å². The summed E-state index contributed by atoms with van der Waals surface area (Å²) in [6, 6.07) is 6.24. The monoisotopic (exact) mass is 337 g/mol. The van der Waals surface area contributed by atoms with E-state index in [1.165, 1.54) is 5.56 Å². The third-order valence-electron chi connectivity index (χ3n) is 4.93. The molecule has 2 unspecified atom stereocenters. The Balaban J connectivity index is 2.30. The van der Waals surface area contributed by atoms with Gasteiger partial charge in [-0.25, -0.2) is 4.99 Å². The summed E-state index contributed by atoms with van der Waals surface area (Å²) >= 11 is 3.53. The van der Waals surface area contributed by atoms with Crippen LogP contribution in [0.2, 0.25) is 0 Å². The Morgan fingerprint density at radius 3 is 2.75 bits per heavy atom. The number of nitrogens with zero attached hydrogens (tertiary/aromatic N) is 2. The van der Waals surface area contributed by atoms with Crippen molar-refractivity contribution >= 4 is 21.9 Å². The molecular formula is C15H20BrN3O. The standard InChI is InChI=1S/C15H20BrN3O/c1-14(2)7-6-9-4-5-10(16)8-11(9)15(14)12(20)19(3)13(17)18-15/h4-5,8,12,20H,6-7H2,1-3H3,(H2,17,18). The molecule has 2 aliphatic rings. The lowest BCUT2D eigenvalue weighted by atomic mass is 9.60. The van der Waals surface area contributed by atoms with Crippen molar-refractivity contribution in [2.45, 2.75) is 38.5 Å². The average molecular weight is 338 g/mol. The van der Waals surface area contributed by atoms with Gasteiger partial charge in [-0.2, -0.15) is 0 Å². The Hall–Kier alpha value is -1.07. The predicted molar refractivity (Wildman–Crippen MR) is 83.3 cm³/mol. The zero-order chi connectivity index (χ0) is 14.7. The molecular weight excluding hydrogens is 318 g/mol. The van der Waals surface area contributed by atoms with Crippen molar-refractivity contribution in [2.75, 3.05) is 7.05 Å². The van der Waals surface area contributed by atoms with E-state index in [1.54, 1.807) is 11.9 Å². The van der Waals surface area contributed by atoms with Crippen LogP contribution < -0.4 is 5.73 Å². The van der Waals surface area contributed by atoms with E-state index in [1.807, 2.05) is 6.07 Å². The number of halogens is 1. The third-order valence-corrected chi connectivity index (χ3v) is 5.42. The van der Waals surface area contributed by atoms with E-state index in [0.717, 1.165) is 22.9 Å². The van der Waals surface area contributed by atoms with Gasteiger partial charge in [-0.15, -0.1) is 0 Å². The molecule has 5 heteroatoms. The molecule has 1 spiro atoms. The van der Waals surface area contributed by atoms with Gasteiger partial charge in [0.15, 0.2) is 12.2 Å². The number of likely N-dealkylation sites (N-methyl/N-ethyl adjacent to an activating group) is 1. The van der Waals surface area contributed by atoms with Gasteiger partial charge in [0.2, 0.25) is 0 Å². The molecule has 1 aromatic carbocycles. The maximum absolute atomic E-state index is 10.8. The van der Waals surface area contributed by atoms with Gasteiger partial charge >= 0.3 is 0 Å². The number of rotatable bonds is 0. The molecule has 3 N–H and O–H groups in total. The lowest BCUT2D eigenvalue weighted by molar-refractivity contribution is -0.0490. The molecule has 20 heavy (non-hydrogen) atoms. The average Bonchev–Trinajstić information content (AvgIpc) is 2.61. The number of hydrogen-bond donors (Lipinski definition) is 2. The van der Waals surface area contributed by atoms with E-state index in [4.69, 9.17) is 10.7 Å². The Bertz CT molecular complexity index is 599. The molecule has 0 saturated carbocycles. The van der Waals surface area contributed by atoms with Crippen molar-refractivity contribution in [3.05, 3.63) is 33.8 Å². The number of aliphatic hydroxyl groups is 1. The van der Waals surface area contributed by atoms with Crippen molar-refractivity contribution in [3.63, 3.8) is 0 Å². The zero-order valence-electron chi connectivity index (χ0n) is 12.0. The summed E-state index contributed by atoms with van der Waals surface area (Å²) in [4.78, 5) is 6.39. The molecule has 1 aromatic rings. The minimum absolute atomic E-state index is 0.157. The maximum Gasteiger partial charge on any atom is 0.194 e. The number of aliphatic imine (C=N–C) groups is 1. The van der Waals surface area contributed by atoms with Crippen LogP contribution >= 0.6 is 15.9 Å². The highest BCUT2D eigenvalue weighted by molar-refractivity contribution is 9.10. The van der Waals surface area contributed by atoms with Gasteiger partial charge in [-0.1, -0.05) is 35.8 Å². The van der Waals surface area contributed by atoms with Crippen LogP contribution in [-0.2, 0) is 12.0 Å². The summed E-state index contributed by atoms with van der Waals surface area (Å²) in [7, 11) is 1.79. The molecule has 0 bridgehead atoms. The second-order valence-corrected chi connectivity index (χ2v) is 7.32. The second-order valence-electron chi connectivity index (χ2n) is 6.41. The maximum atomic E-state index is 10.8. The number of nitrogens with two attached hydrogens (primary N) is 1. The number of benzene rings is 1. The lowest BCUT2D eigenvalue weighted by Gasteiger charge is -2.49. The molecule has 1 aliphatic heterocycles. The van der Waals surface area contributed by atoms with Crippen LogP contribution in [0.15, 0.2) is 27.7 Å². The highest BCUT2D eigenvalue weighted by atomic mass is 79.9. The molecule has 0 amide bonds. The van der Waals surface area contributed by atoms with Crippen LogP contribution in [0.4, 0.5) is 0 Å². The van der Waals surface area contributed by atoms with E-state index in [-0.39, 0.29) is 5.41 Å². The summed E-state index contributed by atoms with van der Waals surface area (Å²) in [5, 5.41) is 10.8. The van der Waals surface area contributed by atoms with Crippen LogP contribution in [0.25, 0.3) is 0 Å². The molecule has 3 rings (SSSR count). The molecule has 2 atom stereocenters. The summed E-state index contributed by atoms with van der Waals surface area (Å²) < 4.78 is 1.00. The topological polar surface area (TPSA) is 61.8 Å². The second kappa shape index (κ2) is 4.21. The normalized spacial score (nSPS) is 31.4. The fourth-order valence-electron chi connectivity index (χ4n) is 3.55. The Morgan fingerprint density at radius 2 is 2.15 bits per heavy atom. The van der Waals surface area contributed by atoms with Crippen LogP contribution in [0.3, 0.4) is 0 Å². The number of aliphatic hydroxyl groups excluding tert-OH is 1. The van der Waals surface area contributed by atoms with Crippen molar-refractivity contribution in [3.8, 4) is 0 Å². The Labute approximate surface area is 127 Å². The van der Waals surface area contributed by atoms with Crippen molar-refractivity contribution in [1.29, 1.82) is 0 Å². The van der Waals surface area contributed by atoms with Crippen LogP contribution in [0.5, 0.6) is 0 Å². The van der Waals surface area contributed by atoms with Gasteiger partial charge in [0.25, 0.3) is 0 Å². The highest BCUT2D eigenvalue weighted by Crippen LogP contribution is 2.55. The fraction of sp³-hybridized carbons (Fsp3) is 0.533. The van der Waals surface area contributed by atoms with Gasteiger partial charge in [-0.3, -0.25) is 0 Å². The smallest absolute Gasteiger partial charge is 0.194 e. The first kappa shape index (κ1) is 13.9. The molecule has 4 nitrogen and oxygen atoms in total. The van der Waals surface area contributed by atoms with E-state index >= 15 is 0 Å². The van der Waals surface area contributed by atoms with Crippen molar-refractivity contribution < 1.29 is 5.11 Å². The summed E-state index contributed by atoms with van der Waals surface area (Å²) in [5.41, 5.74) is 7.48. The molecule has 0 fully saturated rings. The molecule has 0 aromatic heterocycles. The zero-order valence-corrected chi connectivity index (χ0v) is 13.6. The third kappa shape index (κ3) is 1.59. The van der Waals surface area contributed by atoms with Crippen LogP contribution in [0.1, 0.15) is 31.4 Å². The van der Waals surface area contributed by atoms with Crippen LogP contribution in [-0.4, -0.2) is 29.2 Å². The van der Waals surface area contributed by atoms with Gasteiger partial charge in [0.05, 0.1) is 0 Å². The highest BCUT2D eigenvalue weighted by Gasteiger charge is 2.59. The largest absolute Gasteiger partial charge is 0.371 e. The van der Waals surface area contributed by atoms with E-state index in [9.17, 15) is 5.11 Å². The number of hydrogen-bond acceptors (Lipinski definition) is 4. The quantitative estimate of drug-likeness (QED) is 0.762. The minimum Gasteiger partial charge on any atom is -0.371 e. The van der Waals surface area contributed by atoms with Crippen LogP contribution in [0, 0.1) is 5.41 Å². The first-order valence-corrected chi connectivity index (χ1v) is 7.64. The van der Waals surface area contributed by atoms with Gasteiger partial charge in [-0.05, 0) is 41.5 Å². The molecule has 1 aliphatic carbocycles. The molecule has 1 heterocycles. The first-order chi connectivity index (χ1) is 9.29. The van der Waals surface area contributed by atoms with E-state index < -0.39 is 11.8 Å². The number of fused-ring (bicyclic) bond motifs is 2. The summed E-state index contributed by atoms with van der Waals surface area (Å²) in [5.74, 6) is 0.401. The Morgan fingerprint density at radius 1 is 1.45 bits per heavy atom. The molecule has 0 radical (unpaired) electrons. The predicted octanol–water partition coefficient (Wildman–Crippen LogP) is 2.20.